The van der Waals surface area contributed by atoms with Gasteiger partial charge in [0.15, 0.2) is 0 Å². The fourth-order valence-electron chi connectivity index (χ4n) is 4.38. The Balaban J connectivity index is 1.72. The fourth-order valence-corrected chi connectivity index (χ4v) is 6.15. The Hall–Kier alpha value is -3.51. The molecule has 216 valence electrons. The molecule has 1 heterocycles. The maximum Gasteiger partial charge on any atom is 0.336 e. The molecule has 2 aliphatic rings. The van der Waals surface area contributed by atoms with Gasteiger partial charge in [0.05, 0.1) is 18.2 Å². The molecule has 1 aliphatic carbocycles. The van der Waals surface area contributed by atoms with E-state index in [1.807, 2.05) is 74.1 Å². The normalized spacial score (nSPS) is 11.1. The number of aliphatic hydroxyl groups is 1. The first kappa shape index (κ1) is 30.4. The van der Waals surface area contributed by atoms with Crippen LogP contribution in [0.2, 0.25) is 0 Å². The predicted octanol–water partition coefficient (Wildman–Crippen LogP) is 4.08. The van der Waals surface area contributed by atoms with E-state index in [2.05, 4.69) is 5.32 Å². The van der Waals surface area contributed by atoms with Crippen LogP contribution in [0.4, 0.5) is 5.69 Å². The summed E-state index contributed by atoms with van der Waals surface area (Å²) in [5, 5.41) is 23.5. The number of hydrogen-bond donors (Lipinski definition) is 3. The molecular weight excluding hydrogens is 562 g/mol. The van der Waals surface area contributed by atoms with E-state index in [0.717, 1.165) is 33.3 Å². The smallest absolute Gasteiger partial charge is 0.336 e. The summed E-state index contributed by atoms with van der Waals surface area (Å²) in [6.45, 7) is 0.594. The molecule has 3 N–H and O–H groups in total. The van der Waals surface area contributed by atoms with E-state index < -0.39 is 5.97 Å². The molecule has 0 saturated heterocycles. The Morgan fingerprint density at radius 3 is 2.46 bits per heavy atom. The van der Waals surface area contributed by atoms with Crippen molar-refractivity contribution in [3.8, 4) is 22.5 Å². The van der Waals surface area contributed by atoms with Crippen molar-refractivity contribution in [3.63, 3.8) is 0 Å². The van der Waals surface area contributed by atoms with Gasteiger partial charge in [-0.3, -0.25) is 4.79 Å². The number of carbonyl (C=O) groups is 2. The van der Waals surface area contributed by atoms with Gasteiger partial charge < -0.3 is 29.6 Å². The van der Waals surface area contributed by atoms with Crippen molar-refractivity contribution in [1.82, 2.24) is 9.89 Å². The first-order chi connectivity index (χ1) is 19.7. The number of aliphatic hydroxyl groups excluding tert-OH is 1. The number of carboxylic acid groups (broad SMARTS) is 1. The van der Waals surface area contributed by atoms with Crippen LogP contribution in [-0.4, -0.2) is 81.7 Å². The molecule has 2 aromatic rings. The minimum atomic E-state index is -1.12. The van der Waals surface area contributed by atoms with Crippen molar-refractivity contribution in [1.29, 1.82) is 0 Å². The third-order valence-corrected chi connectivity index (χ3v) is 8.83. The Bertz CT molecular complexity index is 1600. The third kappa shape index (κ3) is 7.23. The lowest BCUT2D eigenvalue weighted by Crippen LogP contribution is -2.26. The third-order valence-electron chi connectivity index (χ3n) is 6.46. The monoisotopic (exact) mass is 596 g/mol. The Kier molecular flexibility index (Phi) is 10.3. The van der Waals surface area contributed by atoms with Gasteiger partial charge in [0.25, 0.3) is 5.91 Å². The lowest BCUT2D eigenvalue weighted by Gasteiger charge is -2.19. The molecule has 0 bridgehead atoms. The highest BCUT2D eigenvalue weighted by molar-refractivity contribution is 8.76. The Morgan fingerprint density at radius 1 is 1.00 bits per heavy atom. The summed E-state index contributed by atoms with van der Waals surface area (Å²) in [6.07, 6.45) is 0. The van der Waals surface area contributed by atoms with Crippen molar-refractivity contribution in [2.24, 2.45) is 0 Å². The highest BCUT2D eigenvalue weighted by Crippen LogP contribution is 2.42. The SMILES string of the molecule is CN(C)c1ccc2c(-c3ccc(C(=O)NCCSSCCOCO)cc3C(=O)O)c3ccc(=[N+](C)C)cc-3oc2c1. The molecule has 11 heteroatoms. The van der Waals surface area contributed by atoms with Gasteiger partial charge in [-0.1, -0.05) is 27.7 Å². The summed E-state index contributed by atoms with van der Waals surface area (Å²) in [5.41, 5.74) is 3.92. The molecule has 1 amide bonds. The zero-order valence-corrected chi connectivity index (χ0v) is 25.1. The van der Waals surface area contributed by atoms with E-state index in [0.29, 0.717) is 35.8 Å². The van der Waals surface area contributed by atoms with Crippen LogP contribution in [0.3, 0.4) is 0 Å². The van der Waals surface area contributed by atoms with E-state index in [4.69, 9.17) is 14.3 Å². The second-order valence-electron chi connectivity index (χ2n) is 9.63. The lowest BCUT2D eigenvalue weighted by molar-refractivity contribution is 0.00677. The summed E-state index contributed by atoms with van der Waals surface area (Å²) in [4.78, 5) is 27.4. The molecule has 0 unspecified atom stereocenters. The number of rotatable bonds is 12. The highest BCUT2D eigenvalue weighted by Gasteiger charge is 2.23. The van der Waals surface area contributed by atoms with Crippen LogP contribution in [0.1, 0.15) is 20.7 Å². The number of amides is 1. The number of fused-ring (bicyclic) bond motifs is 2. The fraction of sp³-hybridized carbons (Fsp3) is 0.300. The number of carboxylic acids is 1. The van der Waals surface area contributed by atoms with E-state index in [1.54, 1.807) is 33.7 Å². The van der Waals surface area contributed by atoms with Crippen molar-refractivity contribution >= 4 is 50.1 Å². The maximum absolute atomic E-state index is 12.9. The molecule has 41 heavy (non-hydrogen) atoms. The largest absolute Gasteiger partial charge is 0.478 e. The number of nitrogens with zero attached hydrogens (tertiary/aromatic N) is 2. The molecule has 9 nitrogen and oxygen atoms in total. The standard InChI is InChI=1S/C30H33N3O6S2/c1-32(2)20-6-9-23-26(16-20)39-27-17-21(33(3)4)7-10-24(27)28(23)22-8-5-19(15-25(22)30(36)37)29(35)31-11-13-40-41-14-12-38-18-34/h5-10,15-17,34H,11-14,18H2,1-4H3,(H-,31,35,36,37)/p+1. The van der Waals surface area contributed by atoms with Crippen molar-refractivity contribution in [2.45, 2.75) is 0 Å². The number of aromatic carboxylic acids is 1. The summed E-state index contributed by atoms with van der Waals surface area (Å²) >= 11 is 0. The second-order valence-corrected chi connectivity index (χ2v) is 12.3. The van der Waals surface area contributed by atoms with Crippen molar-refractivity contribution < 1.29 is 29.0 Å². The average molecular weight is 597 g/mol. The zero-order valence-electron chi connectivity index (χ0n) is 23.5. The van der Waals surface area contributed by atoms with Gasteiger partial charge >= 0.3 is 5.97 Å². The quantitative estimate of drug-likeness (QED) is 0.0732. The average Bonchev–Trinajstić information content (AvgIpc) is 2.96. The van der Waals surface area contributed by atoms with Crippen LogP contribution in [-0.2, 0) is 4.74 Å². The zero-order chi connectivity index (χ0) is 29.5. The molecule has 2 aromatic carbocycles. The number of nitrogens with one attached hydrogen (secondary N) is 1. The van der Waals surface area contributed by atoms with Crippen LogP contribution in [0.5, 0.6) is 0 Å². The highest BCUT2D eigenvalue weighted by atomic mass is 33.1. The first-order valence-electron chi connectivity index (χ1n) is 13.0. The predicted molar refractivity (Wildman–Crippen MR) is 167 cm³/mol. The molecule has 0 spiro atoms. The molecule has 0 saturated carbocycles. The summed E-state index contributed by atoms with van der Waals surface area (Å²) < 4.78 is 13.2. The maximum atomic E-state index is 12.9. The van der Waals surface area contributed by atoms with E-state index in [9.17, 15) is 14.7 Å². The summed E-state index contributed by atoms with van der Waals surface area (Å²) in [6, 6.07) is 16.5. The number of benzene rings is 3. The van der Waals surface area contributed by atoms with Crippen LogP contribution < -0.4 is 20.1 Å². The summed E-state index contributed by atoms with van der Waals surface area (Å²) in [7, 11) is 11.0. The Morgan fingerprint density at radius 2 is 1.76 bits per heavy atom. The minimum Gasteiger partial charge on any atom is -0.478 e. The summed E-state index contributed by atoms with van der Waals surface area (Å²) in [5.74, 6) is 0.576. The van der Waals surface area contributed by atoms with Gasteiger partial charge in [-0.05, 0) is 35.9 Å². The second kappa shape index (κ2) is 13.9. The topological polar surface area (TPSA) is 115 Å². The molecular formula is C30H34N3O6S2+. The van der Waals surface area contributed by atoms with Gasteiger partial charge in [-0.25, -0.2) is 9.37 Å². The molecule has 0 radical (unpaired) electrons. The van der Waals surface area contributed by atoms with Crippen LogP contribution >= 0.6 is 21.6 Å². The molecule has 0 fully saturated rings. The minimum absolute atomic E-state index is 0.0358. The van der Waals surface area contributed by atoms with Gasteiger partial charge in [-0.2, -0.15) is 0 Å². The van der Waals surface area contributed by atoms with Crippen LogP contribution in [0, 0.1) is 0 Å². The first-order valence-corrected chi connectivity index (χ1v) is 15.5. The molecule has 0 aromatic heterocycles. The molecule has 0 atom stereocenters. The van der Waals surface area contributed by atoms with Gasteiger partial charge in [-0.15, -0.1) is 0 Å². The van der Waals surface area contributed by atoms with Gasteiger partial charge in [0, 0.05) is 72.0 Å². The number of hydrogen-bond acceptors (Lipinski definition) is 8. The van der Waals surface area contributed by atoms with E-state index in [1.165, 1.54) is 6.07 Å². The molecule has 1 aliphatic heterocycles. The van der Waals surface area contributed by atoms with Gasteiger partial charge in [0.2, 0.25) is 5.36 Å². The van der Waals surface area contributed by atoms with Crippen molar-refractivity contribution in [3.05, 3.63) is 71.1 Å². The molecule has 4 rings (SSSR count). The Labute approximate surface area is 246 Å². The van der Waals surface area contributed by atoms with Gasteiger partial charge in [0.1, 0.15) is 32.2 Å². The van der Waals surface area contributed by atoms with E-state index in [-0.39, 0.29) is 23.8 Å². The number of ether oxygens (including phenoxy) is 1. The number of carbonyl (C=O) groups excluding carboxylic acids is 1. The van der Waals surface area contributed by atoms with E-state index >= 15 is 0 Å². The number of anilines is 1. The van der Waals surface area contributed by atoms with Crippen molar-refractivity contribution in [2.75, 3.05) is 64.5 Å². The van der Waals surface area contributed by atoms with Crippen LogP contribution in [0.25, 0.3) is 33.4 Å². The van der Waals surface area contributed by atoms with Crippen LogP contribution in [0.15, 0.2) is 59.0 Å². The lowest BCUT2D eigenvalue weighted by atomic mass is 9.89.